The fourth-order valence-corrected chi connectivity index (χ4v) is 4.93. The number of carboxylic acids is 1. The highest BCUT2D eigenvalue weighted by Gasteiger charge is 2.32. The summed E-state index contributed by atoms with van der Waals surface area (Å²) in [4.78, 5) is 28.7. The van der Waals surface area contributed by atoms with Gasteiger partial charge < -0.3 is 5.11 Å². The minimum absolute atomic E-state index is 0.0628. The second-order valence-corrected chi connectivity index (χ2v) is 8.32. The molecule has 5 nitrogen and oxygen atoms in total. The molecule has 2 aromatic heterocycles. The second-order valence-electron chi connectivity index (χ2n) is 6.35. The summed E-state index contributed by atoms with van der Waals surface area (Å²) in [6, 6.07) is 9.01. The maximum Gasteiger partial charge on any atom is 0.344 e. The van der Waals surface area contributed by atoms with Crippen LogP contribution in [0.4, 0.5) is 13.8 Å². The first-order chi connectivity index (χ1) is 13.8. The number of para-hydroxylation sites is 1. The van der Waals surface area contributed by atoms with Gasteiger partial charge in [0.05, 0.1) is 9.46 Å². The number of nitrogens with zero attached hydrogens (tertiary/aromatic N) is 2. The molecule has 4 rings (SSSR count). The number of rotatable bonds is 5. The van der Waals surface area contributed by atoms with Crippen LogP contribution in [0.5, 0.6) is 0 Å². The highest BCUT2D eigenvalue weighted by atomic mass is 32.1. The predicted octanol–water partition coefficient (Wildman–Crippen LogP) is 5.92. The predicted molar refractivity (Wildman–Crippen MR) is 108 cm³/mol. The van der Waals surface area contributed by atoms with Crippen molar-refractivity contribution in [3.8, 4) is 11.1 Å². The third kappa shape index (κ3) is 3.54. The SMILES string of the molecule is Cc1ccc(-c2csc([N+](=O)Cc3nc4c(F)cccc4s3)c2C(=O)O)c(F)c1. The number of hydrogen-bond donors (Lipinski definition) is 1. The Morgan fingerprint density at radius 1 is 1.17 bits per heavy atom. The number of nitroso groups, excluding NO2 is 1. The number of aromatic carboxylic acids is 1. The average Bonchev–Trinajstić information content (AvgIpc) is 3.26. The number of benzene rings is 2. The molecule has 146 valence electrons. The number of fused-ring (bicyclic) bond motifs is 1. The highest BCUT2D eigenvalue weighted by Crippen LogP contribution is 2.39. The summed E-state index contributed by atoms with van der Waals surface area (Å²) >= 11 is 2.08. The molecule has 29 heavy (non-hydrogen) atoms. The number of carbonyl (C=O) groups is 1. The maximum absolute atomic E-state index is 14.4. The van der Waals surface area contributed by atoms with Crippen molar-refractivity contribution >= 4 is 43.9 Å². The molecular weight excluding hydrogens is 418 g/mol. The summed E-state index contributed by atoms with van der Waals surface area (Å²) in [6.45, 7) is 1.49. The molecule has 0 aliphatic heterocycles. The fourth-order valence-electron chi connectivity index (χ4n) is 3.00. The molecule has 0 amide bonds. The van der Waals surface area contributed by atoms with Gasteiger partial charge in [-0.15, -0.1) is 11.3 Å². The smallest absolute Gasteiger partial charge is 0.344 e. The lowest BCUT2D eigenvalue weighted by Gasteiger charge is -2.03. The van der Waals surface area contributed by atoms with Crippen molar-refractivity contribution < 1.29 is 23.4 Å². The Balaban J connectivity index is 1.72. The zero-order chi connectivity index (χ0) is 20.7. The lowest BCUT2D eigenvalue weighted by atomic mass is 10.0. The molecule has 2 aromatic carbocycles. The van der Waals surface area contributed by atoms with Crippen molar-refractivity contribution in [3.05, 3.63) is 74.5 Å². The van der Waals surface area contributed by atoms with Crippen molar-refractivity contribution in [3.63, 3.8) is 0 Å². The summed E-state index contributed by atoms with van der Waals surface area (Å²) in [5, 5.41) is 11.4. The van der Waals surface area contributed by atoms with E-state index in [0.29, 0.717) is 20.0 Å². The van der Waals surface area contributed by atoms with E-state index in [1.54, 1.807) is 25.1 Å². The second kappa shape index (κ2) is 7.41. The van der Waals surface area contributed by atoms with Gasteiger partial charge in [0, 0.05) is 21.4 Å². The standard InChI is InChI=1S/C20H12F2N2O3S2/c1-10-5-6-11(14(22)7-10)12-9-28-19(17(12)20(25)26)24(27)8-16-23-18-13(21)3-2-4-15(18)29-16/h2-7,9H,8H2,1H3/p+1. The van der Waals surface area contributed by atoms with E-state index in [9.17, 15) is 23.6 Å². The van der Waals surface area contributed by atoms with E-state index in [1.165, 1.54) is 23.6 Å². The van der Waals surface area contributed by atoms with Gasteiger partial charge in [0.15, 0.2) is 10.6 Å². The van der Waals surface area contributed by atoms with Crippen molar-refractivity contribution in [1.29, 1.82) is 0 Å². The van der Waals surface area contributed by atoms with E-state index in [4.69, 9.17) is 0 Å². The van der Waals surface area contributed by atoms with Gasteiger partial charge in [0.1, 0.15) is 17.2 Å². The summed E-state index contributed by atoms with van der Waals surface area (Å²) in [6.07, 6.45) is 0. The normalized spacial score (nSPS) is 11.1. The third-order valence-electron chi connectivity index (χ3n) is 4.32. The van der Waals surface area contributed by atoms with Crippen LogP contribution < -0.4 is 0 Å². The summed E-state index contributed by atoms with van der Waals surface area (Å²) in [5.74, 6) is -2.37. The molecule has 0 spiro atoms. The van der Waals surface area contributed by atoms with Gasteiger partial charge in [-0.2, -0.15) is 0 Å². The molecule has 0 bridgehead atoms. The first-order valence-corrected chi connectivity index (χ1v) is 10.1. The van der Waals surface area contributed by atoms with Crippen molar-refractivity contribution in [2.24, 2.45) is 0 Å². The van der Waals surface area contributed by atoms with E-state index in [2.05, 4.69) is 4.98 Å². The molecule has 9 heteroatoms. The minimum Gasteiger partial charge on any atom is -0.477 e. The zero-order valence-corrected chi connectivity index (χ0v) is 16.6. The van der Waals surface area contributed by atoms with E-state index in [1.807, 2.05) is 0 Å². The highest BCUT2D eigenvalue weighted by molar-refractivity contribution is 7.18. The lowest BCUT2D eigenvalue weighted by molar-refractivity contribution is -0.476. The fraction of sp³-hybridized carbons (Fsp3) is 0.100. The molecule has 0 radical (unpaired) electrons. The number of aromatic nitrogens is 1. The van der Waals surface area contributed by atoms with Crippen LogP contribution in [0.2, 0.25) is 0 Å². The van der Waals surface area contributed by atoms with Gasteiger partial charge in [-0.1, -0.05) is 29.5 Å². The van der Waals surface area contributed by atoms with Crippen LogP contribution in [0.25, 0.3) is 21.3 Å². The van der Waals surface area contributed by atoms with Crippen molar-refractivity contribution in [2.45, 2.75) is 13.5 Å². The molecular formula is C20H13F2N2O3S2+. The number of carboxylic acid groups (broad SMARTS) is 1. The van der Waals surface area contributed by atoms with Gasteiger partial charge in [-0.25, -0.2) is 18.6 Å². The van der Waals surface area contributed by atoms with E-state index in [0.717, 1.165) is 22.7 Å². The van der Waals surface area contributed by atoms with Crippen LogP contribution in [0.15, 0.2) is 41.8 Å². The summed E-state index contributed by atoms with van der Waals surface area (Å²) < 4.78 is 29.3. The topological polar surface area (TPSA) is 70.3 Å². The Hall–Kier alpha value is -3.04. The van der Waals surface area contributed by atoms with Crippen LogP contribution in [-0.2, 0) is 6.54 Å². The van der Waals surface area contributed by atoms with E-state index >= 15 is 0 Å². The largest absolute Gasteiger partial charge is 0.477 e. The molecule has 0 atom stereocenters. The average molecular weight is 431 g/mol. The Labute approximate surface area is 171 Å². The lowest BCUT2D eigenvalue weighted by Crippen LogP contribution is -2.06. The minimum atomic E-state index is -1.33. The van der Waals surface area contributed by atoms with Gasteiger partial charge in [-0.05, 0) is 30.7 Å². The molecule has 1 N–H and O–H groups in total. The molecule has 0 fully saturated rings. The summed E-state index contributed by atoms with van der Waals surface area (Å²) in [7, 11) is 0. The Morgan fingerprint density at radius 2 is 1.97 bits per heavy atom. The quantitative estimate of drug-likeness (QED) is 0.398. The Bertz CT molecular complexity index is 1280. The third-order valence-corrected chi connectivity index (χ3v) is 6.31. The first-order valence-electron chi connectivity index (χ1n) is 8.45. The van der Waals surface area contributed by atoms with E-state index in [-0.39, 0.29) is 33.8 Å². The molecule has 0 saturated carbocycles. The van der Waals surface area contributed by atoms with Crippen molar-refractivity contribution in [1.82, 2.24) is 4.98 Å². The monoisotopic (exact) mass is 431 g/mol. The van der Waals surface area contributed by atoms with Crippen LogP contribution in [0, 0.1) is 23.5 Å². The van der Waals surface area contributed by atoms with Gasteiger partial charge in [0.25, 0.3) is 6.54 Å². The number of hydrogen-bond acceptors (Lipinski definition) is 5. The van der Waals surface area contributed by atoms with Crippen LogP contribution in [0.3, 0.4) is 0 Å². The van der Waals surface area contributed by atoms with Gasteiger partial charge >= 0.3 is 11.0 Å². The van der Waals surface area contributed by atoms with Crippen LogP contribution in [0.1, 0.15) is 20.9 Å². The van der Waals surface area contributed by atoms with E-state index < -0.39 is 17.6 Å². The summed E-state index contributed by atoms with van der Waals surface area (Å²) in [5.41, 5.74) is 0.872. The van der Waals surface area contributed by atoms with Crippen LogP contribution in [-0.4, -0.2) is 20.8 Å². The molecule has 2 heterocycles. The molecule has 0 aliphatic carbocycles. The van der Waals surface area contributed by atoms with Crippen molar-refractivity contribution in [2.75, 3.05) is 0 Å². The molecule has 0 saturated heterocycles. The first kappa shape index (κ1) is 19.3. The van der Waals surface area contributed by atoms with Gasteiger partial charge in [-0.3, -0.25) is 0 Å². The number of thiophene rings is 1. The number of aryl methyl sites for hydroxylation is 1. The number of thiazole rings is 1. The Kier molecular flexibility index (Phi) is 4.93. The maximum atomic E-state index is 14.4. The molecule has 0 unspecified atom stereocenters. The zero-order valence-electron chi connectivity index (χ0n) is 15.0. The van der Waals surface area contributed by atoms with Gasteiger partial charge in [0.2, 0.25) is 0 Å². The number of halogens is 2. The Morgan fingerprint density at radius 3 is 2.66 bits per heavy atom. The molecule has 4 aromatic rings. The molecule has 0 aliphatic rings. The van der Waals surface area contributed by atoms with Crippen LogP contribution >= 0.6 is 22.7 Å².